The summed E-state index contributed by atoms with van der Waals surface area (Å²) in [4.78, 5) is 0. The Kier molecular flexibility index (Phi) is 5.61. The molecule has 1 aromatic carbocycles. The lowest BCUT2D eigenvalue weighted by atomic mass is 10.1. The van der Waals surface area contributed by atoms with Crippen LogP contribution in [-0.2, 0) is 17.7 Å². The second-order valence-electron chi connectivity index (χ2n) is 4.04. The Balaban J connectivity index is 2.51. The maximum absolute atomic E-state index is 10.7. The third-order valence-corrected chi connectivity index (χ3v) is 3.35. The van der Waals surface area contributed by atoms with Crippen molar-refractivity contribution in [2.75, 3.05) is 6.61 Å². The van der Waals surface area contributed by atoms with E-state index in [4.69, 9.17) is 14.4 Å². The maximum Gasteiger partial charge on any atom is 0.155 e. The lowest BCUT2D eigenvalue weighted by Crippen LogP contribution is -2.14. The molecule has 0 amide bonds. The molecular formula is C12H18O4S. The molecule has 17 heavy (non-hydrogen) atoms. The van der Waals surface area contributed by atoms with Crippen LogP contribution in [0.4, 0.5) is 0 Å². The van der Waals surface area contributed by atoms with E-state index in [1.807, 2.05) is 19.1 Å². The molecule has 1 rings (SSSR count). The Morgan fingerprint density at radius 1 is 1.41 bits per heavy atom. The van der Waals surface area contributed by atoms with Gasteiger partial charge in [0.1, 0.15) is 5.75 Å². The Morgan fingerprint density at radius 3 is 2.71 bits per heavy atom. The molecule has 4 nitrogen and oxygen atoms in total. The van der Waals surface area contributed by atoms with Crippen molar-refractivity contribution >= 4 is 11.1 Å². The lowest BCUT2D eigenvalue weighted by Gasteiger charge is -2.10. The molecule has 1 aromatic rings. The highest BCUT2D eigenvalue weighted by Gasteiger charge is 2.08. The Bertz CT molecular complexity index is 392. The molecule has 0 saturated carbocycles. The molecule has 2 N–H and O–H groups in total. The molecule has 0 radical (unpaired) electrons. The van der Waals surface area contributed by atoms with E-state index < -0.39 is 11.1 Å². The molecule has 2 atom stereocenters. The first-order valence-electron chi connectivity index (χ1n) is 5.47. The van der Waals surface area contributed by atoms with E-state index >= 15 is 0 Å². The highest BCUT2D eigenvalue weighted by atomic mass is 32.2. The lowest BCUT2D eigenvalue weighted by molar-refractivity contribution is 0.278. The molecule has 0 aromatic heterocycles. The monoisotopic (exact) mass is 258 g/mol. The number of aliphatic hydroxyl groups is 1. The van der Waals surface area contributed by atoms with Crippen LogP contribution in [0, 0.1) is 6.92 Å². The highest BCUT2D eigenvalue weighted by molar-refractivity contribution is 7.79. The predicted octanol–water partition coefficient (Wildman–Crippen LogP) is 1.87. The summed E-state index contributed by atoms with van der Waals surface area (Å²) in [6.07, 6.45) is 0.519. The van der Waals surface area contributed by atoms with Gasteiger partial charge in [0.05, 0.1) is 18.5 Å². The Morgan fingerprint density at radius 2 is 2.12 bits per heavy atom. The van der Waals surface area contributed by atoms with Crippen molar-refractivity contribution in [1.29, 1.82) is 0 Å². The summed E-state index contributed by atoms with van der Waals surface area (Å²) in [6.45, 7) is 4.00. The molecule has 0 bridgehead atoms. The van der Waals surface area contributed by atoms with Crippen LogP contribution in [0.5, 0.6) is 5.75 Å². The normalized spacial score (nSPS) is 14.4. The first kappa shape index (κ1) is 14.2. The highest BCUT2D eigenvalue weighted by Crippen LogP contribution is 2.17. The smallest absolute Gasteiger partial charge is 0.155 e. The zero-order valence-corrected chi connectivity index (χ0v) is 10.9. The molecule has 2 unspecified atom stereocenters. The van der Waals surface area contributed by atoms with E-state index in [9.17, 15) is 4.21 Å². The summed E-state index contributed by atoms with van der Waals surface area (Å²) in [6, 6.07) is 5.53. The number of hydrogen-bond acceptors (Lipinski definition) is 3. The molecule has 0 aliphatic carbocycles. The topological polar surface area (TPSA) is 66.8 Å². The van der Waals surface area contributed by atoms with Gasteiger partial charge in [-0.05, 0) is 43.5 Å². The van der Waals surface area contributed by atoms with Gasteiger partial charge >= 0.3 is 0 Å². The van der Waals surface area contributed by atoms with Crippen molar-refractivity contribution < 1.29 is 18.6 Å². The fourth-order valence-corrected chi connectivity index (χ4v) is 1.74. The van der Waals surface area contributed by atoms with Gasteiger partial charge in [-0.25, -0.2) is 4.21 Å². The van der Waals surface area contributed by atoms with Crippen molar-refractivity contribution in [2.45, 2.75) is 32.1 Å². The van der Waals surface area contributed by atoms with E-state index in [2.05, 4.69) is 0 Å². The SMILES string of the molecule is Cc1cc(CO)cc(OCCC(C)S(=O)O)c1. The number of benzene rings is 1. The van der Waals surface area contributed by atoms with Crippen LogP contribution >= 0.6 is 0 Å². The fourth-order valence-electron chi connectivity index (χ4n) is 1.44. The van der Waals surface area contributed by atoms with Crippen LogP contribution in [0.25, 0.3) is 0 Å². The summed E-state index contributed by atoms with van der Waals surface area (Å²) in [5.74, 6) is 0.685. The minimum Gasteiger partial charge on any atom is -0.494 e. The van der Waals surface area contributed by atoms with Gasteiger partial charge in [-0.3, -0.25) is 0 Å². The minimum absolute atomic E-state index is 0.0188. The number of aryl methyl sites for hydroxylation is 1. The summed E-state index contributed by atoms with van der Waals surface area (Å²) >= 11 is -1.80. The number of ether oxygens (including phenoxy) is 1. The summed E-state index contributed by atoms with van der Waals surface area (Å²) < 4.78 is 25.0. The molecule has 0 fully saturated rings. The third kappa shape index (κ3) is 4.85. The van der Waals surface area contributed by atoms with Crippen LogP contribution < -0.4 is 4.74 Å². The second-order valence-corrected chi connectivity index (χ2v) is 5.39. The van der Waals surface area contributed by atoms with E-state index in [0.29, 0.717) is 18.8 Å². The van der Waals surface area contributed by atoms with Gasteiger partial charge in [0.15, 0.2) is 11.1 Å². The minimum atomic E-state index is -1.80. The van der Waals surface area contributed by atoms with Gasteiger partial charge in [-0.15, -0.1) is 0 Å². The Labute approximate surface area is 104 Å². The first-order valence-corrected chi connectivity index (χ1v) is 6.64. The zero-order valence-electron chi connectivity index (χ0n) is 10.0. The molecule has 0 spiro atoms. The van der Waals surface area contributed by atoms with Crippen molar-refractivity contribution in [2.24, 2.45) is 0 Å². The van der Waals surface area contributed by atoms with Crippen LogP contribution in [0.15, 0.2) is 18.2 Å². The number of rotatable bonds is 6. The number of aliphatic hydroxyl groups excluding tert-OH is 1. The van der Waals surface area contributed by atoms with Crippen molar-refractivity contribution in [1.82, 2.24) is 0 Å². The fraction of sp³-hybridized carbons (Fsp3) is 0.500. The van der Waals surface area contributed by atoms with Crippen LogP contribution in [-0.4, -0.2) is 25.7 Å². The van der Waals surface area contributed by atoms with E-state index in [0.717, 1.165) is 11.1 Å². The van der Waals surface area contributed by atoms with E-state index in [1.165, 1.54) is 0 Å². The third-order valence-electron chi connectivity index (χ3n) is 2.43. The van der Waals surface area contributed by atoms with Crippen molar-refractivity contribution in [3.63, 3.8) is 0 Å². The van der Waals surface area contributed by atoms with E-state index in [-0.39, 0.29) is 11.9 Å². The van der Waals surface area contributed by atoms with Crippen molar-refractivity contribution in [3.8, 4) is 5.75 Å². The maximum atomic E-state index is 10.7. The standard InChI is InChI=1S/C12H18O4S/c1-9-5-11(8-13)7-12(6-9)16-4-3-10(2)17(14)15/h5-7,10,13H,3-4,8H2,1-2H3,(H,14,15). The van der Waals surface area contributed by atoms with Crippen LogP contribution in [0.1, 0.15) is 24.5 Å². The molecular weight excluding hydrogens is 240 g/mol. The molecule has 96 valence electrons. The Hall–Kier alpha value is -0.910. The van der Waals surface area contributed by atoms with Gasteiger partial charge in [0, 0.05) is 0 Å². The summed E-state index contributed by atoms with van der Waals surface area (Å²) in [7, 11) is 0. The van der Waals surface area contributed by atoms with Gasteiger partial charge in [-0.1, -0.05) is 6.07 Å². The largest absolute Gasteiger partial charge is 0.494 e. The first-order chi connectivity index (χ1) is 8.02. The quantitative estimate of drug-likeness (QED) is 0.764. The van der Waals surface area contributed by atoms with Gasteiger partial charge < -0.3 is 14.4 Å². The molecule has 0 aliphatic heterocycles. The van der Waals surface area contributed by atoms with Crippen LogP contribution in [0.3, 0.4) is 0 Å². The average Bonchev–Trinajstić information content (AvgIpc) is 2.27. The number of hydrogen-bond donors (Lipinski definition) is 2. The molecule has 0 heterocycles. The van der Waals surface area contributed by atoms with Gasteiger partial charge in [-0.2, -0.15) is 0 Å². The molecule has 0 aliphatic rings. The predicted molar refractivity (Wildman–Crippen MR) is 67.4 cm³/mol. The molecule has 5 heteroatoms. The average molecular weight is 258 g/mol. The van der Waals surface area contributed by atoms with Gasteiger partial charge in [0.2, 0.25) is 0 Å². The van der Waals surface area contributed by atoms with E-state index in [1.54, 1.807) is 13.0 Å². The second kappa shape index (κ2) is 6.74. The summed E-state index contributed by atoms with van der Waals surface area (Å²) in [5, 5.41) is 8.75. The molecule has 0 saturated heterocycles. The zero-order chi connectivity index (χ0) is 12.8. The van der Waals surface area contributed by atoms with Gasteiger partial charge in [0.25, 0.3) is 0 Å². The summed E-state index contributed by atoms with van der Waals surface area (Å²) in [5.41, 5.74) is 1.82. The van der Waals surface area contributed by atoms with Crippen molar-refractivity contribution in [3.05, 3.63) is 29.3 Å². The van der Waals surface area contributed by atoms with Crippen LogP contribution in [0.2, 0.25) is 0 Å².